The molecule has 0 saturated heterocycles. The molecule has 2 heterocycles. The minimum absolute atomic E-state index is 0.220. The molecule has 2 rings (SSSR count). The lowest BCUT2D eigenvalue weighted by Gasteiger charge is -2.05. The van der Waals surface area contributed by atoms with E-state index >= 15 is 0 Å². The lowest BCUT2D eigenvalue weighted by Crippen LogP contribution is -2.23. The lowest BCUT2D eigenvalue weighted by atomic mass is 10.4. The van der Waals surface area contributed by atoms with Crippen molar-refractivity contribution in [1.82, 2.24) is 9.78 Å². The number of carbonyl (C=O) groups is 1. The fourth-order valence-electron chi connectivity index (χ4n) is 1.38. The summed E-state index contributed by atoms with van der Waals surface area (Å²) in [5, 5.41) is 6.92. The second kappa shape index (κ2) is 5.73. The standard InChI is InChI=1S/C11H9Cl2N3O2S/c1-2-16-9(17)4-3-8(15-16)14-11(18)7-5-6(12)10(13)19-7/h3-5H,2H2,1H3,(H,14,15,18). The molecule has 1 amide bonds. The number of halogens is 2. The molecule has 0 spiro atoms. The van der Waals surface area contributed by atoms with Gasteiger partial charge in [0.2, 0.25) is 0 Å². The zero-order valence-electron chi connectivity index (χ0n) is 9.81. The molecule has 19 heavy (non-hydrogen) atoms. The molecule has 0 aliphatic heterocycles. The Balaban J connectivity index is 2.21. The van der Waals surface area contributed by atoms with Crippen molar-refractivity contribution < 1.29 is 4.79 Å². The number of hydrogen-bond donors (Lipinski definition) is 1. The smallest absolute Gasteiger partial charge is 0.267 e. The average molecular weight is 318 g/mol. The molecule has 0 fully saturated rings. The summed E-state index contributed by atoms with van der Waals surface area (Å²) in [5.74, 6) is -0.0697. The largest absolute Gasteiger partial charge is 0.304 e. The van der Waals surface area contributed by atoms with Crippen LogP contribution in [-0.4, -0.2) is 15.7 Å². The van der Waals surface area contributed by atoms with Gasteiger partial charge in [-0.3, -0.25) is 9.59 Å². The van der Waals surface area contributed by atoms with Crippen LogP contribution in [0, 0.1) is 0 Å². The van der Waals surface area contributed by atoms with Crippen LogP contribution >= 0.6 is 34.5 Å². The number of nitrogens with zero attached hydrogens (tertiary/aromatic N) is 2. The number of thiophene rings is 1. The van der Waals surface area contributed by atoms with E-state index in [9.17, 15) is 9.59 Å². The first kappa shape index (κ1) is 14.0. The predicted molar refractivity (Wildman–Crippen MR) is 76.5 cm³/mol. The molecule has 0 bridgehead atoms. The first-order valence-electron chi connectivity index (χ1n) is 5.35. The summed E-state index contributed by atoms with van der Waals surface area (Å²) in [7, 11) is 0. The number of hydrogen-bond acceptors (Lipinski definition) is 4. The Morgan fingerprint density at radius 1 is 1.47 bits per heavy atom. The quantitative estimate of drug-likeness (QED) is 0.946. The topological polar surface area (TPSA) is 64.0 Å². The van der Waals surface area contributed by atoms with Crippen LogP contribution < -0.4 is 10.9 Å². The van der Waals surface area contributed by atoms with Crippen molar-refractivity contribution in [2.45, 2.75) is 13.5 Å². The van der Waals surface area contributed by atoms with Gasteiger partial charge in [0, 0.05) is 12.6 Å². The van der Waals surface area contributed by atoms with Crippen LogP contribution in [0.5, 0.6) is 0 Å². The third kappa shape index (κ3) is 3.15. The Morgan fingerprint density at radius 3 is 2.79 bits per heavy atom. The molecule has 5 nitrogen and oxygen atoms in total. The Morgan fingerprint density at radius 2 is 2.21 bits per heavy atom. The van der Waals surface area contributed by atoms with Crippen LogP contribution in [0.4, 0.5) is 5.82 Å². The Hall–Kier alpha value is -1.37. The molecular weight excluding hydrogens is 309 g/mol. The highest BCUT2D eigenvalue weighted by molar-refractivity contribution is 7.18. The predicted octanol–water partition coefficient (Wildman–Crippen LogP) is 2.88. The van der Waals surface area contributed by atoms with Crippen molar-refractivity contribution >= 4 is 46.3 Å². The summed E-state index contributed by atoms with van der Waals surface area (Å²) < 4.78 is 1.61. The molecular formula is C11H9Cl2N3O2S. The maximum Gasteiger partial charge on any atom is 0.267 e. The molecule has 2 aromatic heterocycles. The second-order valence-corrected chi connectivity index (χ2v) is 5.62. The summed E-state index contributed by atoms with van der Waals surface area (Å²) in [6, 6.07) is 4.28. The Bertz CT molecular complexity index is 661. The van der Waals surface area contributed by atoms with E-state index < -0.39 is 0 Å². The average Bonchev–Trinajstić information content (AvgIpc) is 2.72. The third-order valence-corrected chi connectivity index (χ3v) is 4.14. The third-order valence-electron chi connectivity index (χ3n) is 2.28. The lowest BCUT2D eigenvalue weighted by molar-refractivity contribution is 0.103. The number of carbonyl (C=O) groups excluding carboxylic acids is 1. The molecule has 2 aromatic rings. The fraction of sp³-hybridized carbons (Fsp3) is 0.182. The van der Waals surface area contributed by atoms with E-state index in [4.69, 9.17) is 23.2 Å². The summed E-state index contributed by atoms with van der Waals surface area (Å²) in [4.78, 5) is 23.7. The maximum atomic E-state index is 11.9. The number of aryl methyl sites for hydroxylation is 1. The molecule has 0 aliphatic rings. The Labute approximate surface area is 122 Å². The summed E-state index contributed by atoms with van der Waals surface area (Å²) in [6.07, 6.45) is 0. The van der Waals surface area contributed by atoms with Gasteiger partial charge in [-0.15, -0.1) is 11.3 Å². The first-order chi connectivity index (χ1) is 9.01. The minimum atomic E-state index is -0.368. The van der Waals surface area contributed by atoms with E-state index in [1.807, 2.05) is 0 Å². The normalized spacial score (nSPS) is 10.5. The summed E-state index contributed by atoms with van der Waals surface area (Å²) >= 11 is 12.7. The molecule has 0 atom stereocenters. The summed E-state index contributed by atoms with van der Waals surface area (Å²) in [5.41, 5.74) is -0.220. The van der Waals surface area contributed by atoms with Crippen LogP contribution in [-0.2, 0) is 6.54 Å². The zero-order chi connectivity index (χ0) is 14.0. The molecule has 0 radical (unpaired) electrons. The van der Waals surface area contributed by atoms with Crippen molar-refractivity contribution in [3.8, 4) is 0 Å². The molecule has 0 unspecified atom stereocenters. The number of rotatable bonds is 3. The van der Waals surface area contributed by atoms with Gasteiger partial charge < -0.3 is 5.32 Å². The van der Waals surface area contributed by atoms with Crippen molar-refractivity contribution in [2.75, 3.05) is 5.32 Å². The first-order valence-corrected chi connectivity index (χ1v) is 6.93. The fourth-order valence-corrected chi connectivity index (χ4v) is 2.64. The van der Waals surface area contributed by atoms with Crippen LogP contribution in [0.15, 0.2) is 23.0 Å². The van der Waals surface area contributed by atoms with Gasteiger partial charge in [-0.1, -0.05) is 23.2 Å². The van der Waals surface area contributed by atoms with E-state index in [-0.39, 0.29) is 11.5 Å². The molecule has 0 aliphatic carbocycles. The van der Waals surface area contributed by atoms with E-state index in [0.29, 0.717) is 26.6 Å². The van der Waals surface area contributed by atoms with Gasteiger partial charge in [0.1, 0.15) is 4.34 Å². The van der Waals surface area contributed by atoms with Crippen molar-refractivity contribution in [3.05, 3.63) is 42.8 Å². The second-order valence-electron chi connectivity index (χ2n) is 3.56. The van der Waals surface area contributed by atoms with E-state index in [1.54, 1.807) is 6.92 Å². The van der Waals surface area contributed by atoms with E-state index in [1.165, 1.54) is 22.9 Å². The minimum Gasteiger partial charge on any atom is -0.304 e. The molecule has 0 saturated carbocycles. The summed E-state index contributed by atoms with van der Waals surface area (Å²) in [6.45, 7) is 2.22. The van der Waals surface area contributed by atoms with Gasteiger partial charge in [0.05, 0.1) is 9.90 Å². The maximum absolute atomic E-state index is 11.9. The highest BCUT2D eigenvalue weighted by Gasteiger charge is 2.13. The van der Waals surface area contributed by atoms with Crippen molar-refractivity contribution in [3.63, 3.8) is 0 Å². The van der Waals surface area contributed by atoms with Gasteiger partial charge in [-0.25, -0.2) is 4.68 Å². The Kier molecular flexibility index (Phi) is 4.24. The number of amides is 1. The van der Waals surface area contributed by atoms with Gasteiger partial charge >= 0.3 is 0 Å². The van der Waals surface area contributed by atoms with Gasteiger partial charge in [0.15, 0.2) is 5.82 Å². The van der Waals surface area contributed by atoms with E-state index in [0.717, 1.165) is 11.3 Å². The van der Waals surface area contributed by atoms with Crippen molar-refractivity contribution in [2.24, 2.45) is 0 Å². The number of nitrogens with one attached hydrogen (secondary N) is 1. The highest BCUT2D eigenvalue weighted by Crippen LogP contribution is 2.31. The van der Waals surface area contributed by atoms with Gasteiger partial charge in [-0.2, -0.15) is 5.10 Å². The van der Waals surface area contributed by atoms with Crippen molar-refractivity contribution in [1.29, 1.82) is 0 Å². The van der Waals surface area contributed by atoms with Crippen LogP contribution in [0.25, 0.3) is 0 Å². The van der Waals surface area contributed by atoms with Crippen LogP contribution in [0.3, 0.4) is 0 Å². The SMILES string of the molecule is CCn1nc(NC(=O)c2cc(Cl)c(Cl)s2)ccc1=O. The number of anilines is 1. The zero-order valence-corrected chi connectivity index (χ0v) is 12.1. The van der Waals surface area contributed by atoms with E-state index in [2.05, 4.69) is 10.4 Å². The van der Waals surface area contributed by atoms with Gasteiger partial charge in [0.25, 0.3) is 11.5 Å². The number of aromatic nitrogens is 2. The molecule has 100 valence electrons. The molecule has 1 N–H and O–H groups in total. The van der Waals surface area contributed by atoms with Gasteiger partial charge in [-0.05, 0) is 19.1 Å². The monoisotopic (exact) mass is 317 g/mol. The van der Waals surface area contributed by atoms with Crippen LogP contribution in [0.1, 0.15) is 16.6 Å². The molecule has 0 aromatic carbocycles. The van der Waals surface area contributed by atoms with Crippen LogP contribution in [0.2, 0.25) is 9.36 Å². The highest BCUT2D eigenvalue weighted by atomic mass is 35.5. The molecule has 8 heteroatoms.